The summed E-state index contributed by atoms with van der Waals surface area (Å²) in [5, 5.41) is 2.96. The molecule has 3 aromatic carbocycles. The molecule has 1 aliphatic carbocycles. The molecule has 30 heavy (non-hydrogen) atoms. The molecule has 1 heterocycles. The molecular formula is C25H22N2O3. The molecule has 0 unspecified atom stereocenters. The number of nitrogens with zero attached hydrogens (tertiary/aromatic N) is 1. The van der Waals surface area contributed by atoms with Gasteiger partial charge in [0.05, 0.1) is 5.56 Å². The Balaban J connectivity index is 1.36. The van der Waals surface area contributed by atoms with Gasteiger partial charge in [0.2, 0.25) is 5.91 Å². The van der Waals surface area contributed by atoms with Crippen LogP contribution in [-0.4, -0.2) is 18.4 Å². The number of para-hydroxylation sites is 2. The summed E-state index contributed by atoms with van der Waals surface area (Å²) in [6, 6.07) is 22.3. The summed E-state index contributed by atoms with van der Waals surface area (Å²) in [6.45, 7) is 0.718. The minimum absolute atomic E-state index is 0.177. The number of rotatable bonds is 5. The fourth-order valence-electron chi connectivity index (χ4n) is 3.79. The first-order valence-electron chi connectivity index (χ1n) is 10.3. The minimum Gasteiger partial charge on any atom is -0.457 e. The van der Waals surface area contributed by atoms with Crippen LogP contribution in [0.15, 0.2) is 72.8 Å². The summed E-state index contributed by atoms with van der Waals surface area (Å²) in [4.78, 5) is 27.4. The number of fused-ring (bicyclic) bond motifs is 1. The molecule has 0 aromatic heterocycles. The minimum atomic E-state index is -0.250. The predicted octanol–water partition coefficient (Wildman–Crippen LogP) is 5.03. The van der Waals surface area contributed by atoms with Gasteiger partial charge in [0, 0.05) is 23.8 Å². The first-order valence-corrected chi connectivity index (χ1v) is 10.3. The maximum Gasteiger partial charge on any atom is 0.259 e. The number of ether oxygens (including phenoxy) is 1. The zero-order chi connectivity index (χ0) is 20.5. The van der Waals surface area contributed by atoms with Crippen LogP contribution in [0.1, 0.15) is 28.8 Å². The Morgan fingerprint density at radius 3 is 2.50 bits per heavy atom. The molecule has 1 N–H and O–H groups in total. The number of benzene rings is 3. The van der Waals surface area contributed by atoms with Crippen LogP contribution in [0.5, 0.6) is 11.5 Å². The standard InChI is InChI=1S/C25H22N2O3/c28-24(21-8-4-5-9-23(21)30-20-6-2-1-3-7-20)26-19-13-12-17-14-15-27(22(17)16-19)25(29)18-10-11-18/h1-9,12-13,16,18H,10-11,14-15H2,(H,26,28). The van der Waals surface area contributed by atoms with Crippen molar-refractivity contribution < 1.29 is 14.3 Å². The largest absolute Gasteiger partial charge is 0.457 e. The number of hydrogen-bond acceptors (Lipinski definition) is 3. The van der Waals surface area contributed by atoms with E-state index in [0.717, 1.165) is 37.1 Å². The fraction of sp³-hybridized carbons (Fsp3) is 0.200. The summed E-state index contributed by atoms with van der Waals surface area (Å²) in [5.74, 6) is 1.30. The third kappa shape index (κ3) is 3.66. The molecule has 0 radical (unpaired) electrons. The van der Waals surface area contributed by atoms with Crippen LogP contribution in [0.2, 0.25) is 0 Å². The van der Waals surface area contributed by atoms with Gasteiger partial charge in [-0.15, -0.1) is 0 Å². The quantitative estimate of drug-likeness (QED) is 0.656. The highest BCUT2D eigenvalue weighted by Gasteiger charge is 2.36. The highest BCUT2D eigenvalue weighted by molar-refractivity contribution is 6.07. The summed E-state index contributed by atoms with van der Waals surface area (Å²) in [5.41, 5.74) is 3.19. The highest BCUT2D eigenvalue weighted by atomic mass is 16.5. The Kier molecular flexibility index (Phi) is 4.71. The lowest BCUT2D eigenvalue weighted by molar-refractivity contribution is -0.119. The molecule has 2 amide bonds. The van der Waals surface area contributed by atoms with Gasteiger partial charge in [-0.2, -0.15) is 0 Å². The second-order valence-corrected chi connectivity index (χ2v) is 7.72. The lowest BCUT2D eigenvalue weighted by Gasteiger charge is -2.18. The van der Waals surface area contributed by atoms with E-state index >= 15 is 0 Å². The van der Waals surface area contributed by atoms with Gasteiger partial charge < -0.3 is 15.0 Å². The van der Waals surface area contributed by atoms with Crippen molar-refractivity contribution in [3.05, 3.63) is 83.9 Å². The van der Waals surface area contributed by atoms with Crippen molar-refractivity contribution in [3.63, 3.8) is 0 Å². The van der Waals surface area contributed by atoms with Gasteiger partial charge in [-0.3, -0.25) is 9.59 Å². The number of amides is 2. The van der Waals surface area contributed by atoms with Gasteiger partial charge in [-0.25, -0.2) is 0 Å². The van der Waals surface area contributed by atoms with Gasteiger partial charge in [0.1, 0.15) is 11.5 Å². The van der Waals surface area contributed by atoms with Gasteiger partial charge >= 0.3 is 0 Å². The van der Waals surface area contributed by atoms with E-state index in [-0.39, 0.29) is 17.7 Å². The summed E-state index contributed by atoms with van der Waals surface area (Å²) in [6.07, 6.45) is 2.83. The Morgan fingerprint density at radius 2 is 1.70 bits per heavy atom. The van der Waals surface area contributed by atoms with E-state index in [0.29, 0.717) is 22.7 Å². The van der Waals surface area contributed by atoms with E-state index in [1.807, 2.05) is 65.6 Å². The van der Waals surface area contributed by atoms with Crippen LogP contribution in [0.3, 0.4) is 0 Å². The third-order valence-corrected chi connectivity index (χ3v) is 5.53. The molecular weight excluding hydrogens is 376 g/mol. The van der Waals surface area contributed by atoms with E-state index in [1.165, 1.54) is 0 Å². The first kappa shape index (κ1) is 18.4. The van der Waals surface area contributed by atoms with Gasteiger partial charge in [0.15, 0.2) is 0 Å². The van der Waals surface area contributed by atoms with Gasteiger partial charge in [-0.1, -0.05) is 36.4 Å². The number of hydrogen-bond donors (Lipinski definition) is 1. The fourth-order valence-corrected chi connectivity index (χ4v) is 3.79. The van der Waals surface area contributed by atoms with E-state index in [1.54, 1.807) is 12.1 Å². The van der Waals surface area contributed by atoms with Crippen LogP contribution in [0.4, 0.5) is 11.4 Å². The molecule has 0 atom stereocenters. The molecule has 3 aromatic rings. The van der Waals surface area contributed by atoms with Crippen molar-refractivity contribution in [2.75, 3.05) is 16.8 Å². The maximum absolute atomic E-state index is 13.0. The summed E-state index contributed by atoms with van der Waals surface area (Å²) >= 11 is 0. The second-order valence-electron chi connectivity index (χ2n) is 7.72. The molecule has 2 aliphatic rings. The molecule has 5 nitrogen and oxygen atoms in total. The Hall–Kier alpha value is -3.60. The lowest BCUT2D eigenvalue weighted by atomic mass is 10.1. The van der Waals surface area contributed by atoms with Gasteiger partial charge in [0.25, 0.3) is 5.91 Å². The molecule has 5 rings (SSSR count). The molecule has 0 saturated heterocycles. The molecule has 1 saturated carbocycles. The van der Waals surface area contributed by atoms with Crippen LogP contribution >= 0.6 is 0 Å². The molecule has 0 spiro atoms. The van der Waals surface area contributed by atoms with E-state index in [4.69, 9.17) is 4.74 Å². The van der Waals surface area contributed by atoms with Crippen LogP contribution < -0.4 is 15.0 Å². The predicted molar refractivity (Wildman–Crippen MR) is 116 cm³/mol. The number of anilines is 2. The van der Waals surface area contributed by atoms with E-state index in [9.17, 15) is 9.59 Å². The lowest BCUT2D eigenvalue weighted by Crippen LogP contribution is -2.30. The van der Waals surface area contributed by atoms with Crippen molar-refractivity contribution in [2.24, 2.45) is 5.92 Å². The normalized spacial score (nSPS) is 14.9. The van der Waals surface area contributed by atoms with Crippen molar-refractivity contribution in [2.45, 2.75) is 19.3 Å². The molecule has 150 valence electrons. The molecule has 1 fully saturated rings. The average Bonchev–Trinajstić information content (AvgIpc) is 3.54. The highest BCUT2D eigenvalue weighted by Crippen LogP contribution is 2.37. The molecule has 1 aliphatic heterocycles. The second kappa shape index (κ2) is 7.67. The summed E-state index contributed by atoms with van der Waals surface area (Å²) < 4.78 is 5.91. The van der Waals surface area contributed by atoms with Crippen LogP contribution in [0, 0.1) is 5.92 Å². The molecule has 5 heteroatoms. The van der Waals surface area contributed by atoms with Gasteiger partial charge in [-0.05, 0) is 61.2 Å². The van der Waals surface area contributed by atoms with Crippen LogP contribution in [-0.2, 0) is 11.2 Å². The number of carbonyl (C=O) groups is 2. The SMILES string of the molecule is O=C(Nc1ccc2c(c1)N(C(=O)C1CC1)CC2)c1ccccc1Oc1ccccc1. The third-order valence-electron chi connectivity index (χ3n) is 5.53. The van der Waals surface area contributed by atoms with Crippen molar-refractivity contribution >= 4 is 23.2 Å². The zero-order valence-electron chi connectivity index (χ0n) is 16.5. The first-order chi connectivity index (χ1) is 14.7. The van der Waals surface area contributed by atoms with E-state index in [2.05, 4.69) is 5.32 Å². The van der Waals surface area contributed by atoms with Crippen LogP contribution in [0.25, 0.3) is 0 Å². The average molecular weight is 398 g/mol. The van der Waals surface area contributed by atoms with E-state index < -0.39 is 0 Å². The monoisotopic (exact) mass is 398 g/mol. The maximum atomic E-state index is 13.0. The Morgan fingerprint density at radius 1 is 0.933 bits per heavy atom. The summed E-state index contributed by atoms with van der Waals surface area (Å²) in [7, 11) is 0. The Bertz CT molecular complexity index is 1110. The number of nitrogens with one attached hydrogen (secondary N) is 1. The van der Waals surface area contributed by atoms with Crippen molar-refractivity contribution in [3.8, 4) is 11.5 Å². The van der Waals surface area contributed by atoms with Crippen molar-refractivity contribution in [1.29, 1.82) is 0 Å². The topological polar surface area (TPSA) is 58.6 Å². The smallest absolute Gasteiger partial charge is 0.259 e. The molecule has 0 bridgehead atoms. The Labute approximate surface area is 175 Å². The number of carbonyl (C=O) groups excluding carboxylic acids is 2. The van der Waals surface area contributed by atoms with Crippen molar-refractivity contribution in [1.82, 2.24) is 0 Å². The zero-order valence-corrected chi connectivity index (χ0v) is 16.5.